The molecule has 5 heteroatoms. The first-order chi connectivity index (χ1) is 8.76. The lowest BCUT2D eigenvalue weighted by atomic mass is 9.87. The molecule has 0 saturated carbocycles. The van der Waals surface area contributed by atoms with Gasteiger partial charge in [-0.15, -0.1) is 0 Å². The minimum Gasteiger partial charge on any atom is -0.294 e. The Morgan fingerprint density at radius 2 is 2.05 bits per heavy atom. The topological polar surface area (TPSA) is 66.9 Å². The summed E-state index contributed by atoms with van der Waals surface area (Å²) in [4.78, 5) is 25.2. The van der Waals surface area contributed by atoms with Gasteiger partial charge in [0.05, 0.1) is 6.17 Å². The fourth-order valence-electron chi connectivity index (χ4n) is 2.93. The van der Waals surface area contributed by atoms with Crippen LogP contribution in [0.1, 0.15) is 46.7 Å². The molecule has 19 heavy (non-hydrogen) atoms. The van der Waals surface area contributed by atoms with Crippen molar-refractivity contribution in [2.24, 2.45) is 11.3 Å². The smallest absolute Gasteiger partial charge is 0.294 e. The van der Waals surface area contributed by atoms with E-state index in [-0.39, 0.29) is 22.8 Å². The quantitative estimate of drug-likeness (QED) is 0.851. The average molecular weight is 265 g/mol. The summed E-state index contributed by atoms with van der Waals surface area (Å²) >= 11 is 0. The number of aromatic nitrogens is 2. The molecule has 0 aromatic carbocycles. The zero-order valence-electron chi connectivity index (χ0n) is 12.1. The van der Waals surface area contributed by atoms with E-state index >= 15 is 0 Å². The molecule has 0 bridgehead atoms. The van der Waals surface area contributed by atoms with Crippen molar-refractivity contribution in [3.8, 4) is 0 Å². The zero-order valence-corrected chi connectivity index (χ0v) is 12.1. The Bertz CT molecular complexity index is 553. The lowest BCUT2D eigenvalue weighted by Crippen LogP contribution is -2.39. The number of rotatable bonds is 2. The molecular formula is C14H23N3O2. The Morgan fingerprint density at radius 3 is 2.63 bits per heavy atom. The van der Waals surface area contributed by atoms with Crippen molar-refractivity contribution in [3.05, 3.63) is 33.1 Å². The van der Waals surface area contributed by atoms with Crippen molar-refractivity contribution in [1.29, 1.82) is 0 Å². The summed E-state index contributed by atoms with van der Waals surface area (Å²) in [6, 6.07) is 1.81. The van der Waals surface area contributed by atoms with Gasteiger partial charge >= 0.3 is 5.69 Å². The Kier molecular flexibility index (Phi) is 3.67. The molecule has 1 aliphatic heterocycles. The Balaban J connectivity index is 2.18. The van der Waals surface area contributed by atoms with Crippen molar-refractivity contribution < 1.29 is 0 Å². The third-order valence-corrected chi connectivity index (χ3v) is 3.61. The Hall–Kier alpha value is -1.36. The molecule has 1 aromatic heterocycles. The first-order valence-electron chi connectivity index (χ1n) is 6.84. The monoisotopic (exact) mass is 265 g/mol. The van der Waals surface area contributed by atoms with Gasteiger partial charge in [-0.25, -0.2) is 4.79 Å². The number of aromatic amines is 1. The molecular weight excluding hydrogens is 242 g/mol. The minimum atomic E-state index is -0.349. The van der Waals surface area contributed by atoms with Gasteiger partial charge in [-0.05, 0) is 24.2 Å². The Morgan fingerprint density at radius 1 is 1.37 bits per heavy atom. The molecule has 106 valence electrons. The molecule has 0 aliphatic carbocycles. The second kappa shape index (κ2) is 4.96. The summed E-state index contributed by atoms with van der Waals surface area (Å²) in [5.41, 5.74) is -0.422. The van der Waals surface area contributed by atoms with Gasteiger partial charge in [-0.2, -0.15) is 0 Å². The molecule has 2 N–H and O–H groups in total. The molecule has 1 aromatic rings. The van der Waals surface area contributed by atoms with Crippen LogP contribution in [0.15, 0.2) is 21.9 Å². The fraction of sp³-hybridized carbons (Fsp3) is 0.714. The number of hydrogen-bond donors (Lipinski definition) is 2. The van der Waals surface area contributed by atoms with E-state index in [1.807, 2.05) is 0 Å². The molecule has 2 heterocycles. The third-order valence-electron chi connectivity index (χ3n) is 3.61. The van der Waals surface area contributed by atoms with Crippen LogP contribution in [0.5, 0.6) is 0 Å². The molecule has 1 aliphatic rings. The maximum absolute atomic E-state index is 11.8. The second-order valence-electron chi connectivity index (χ2n) is 6.80. The van der Waals surface area contributed by atoms with E-state index in [9.17, 15) is 9.59 Å². The van der Waals surface area contributed by atoms with Gasteiger partial charge in [0.15, 0.2) is 0 Å². The molecule has 0 radical (unpaired) electrons. The lowest BCUT2D eigenvalue weighted by Gasteiger charge is -2.24. The predicted molar refractivity (Wildman–Crippen MR) is 75.1 cm³/mol. The van der Waals surface area contributed by atoms with Crippen molar-refractivity contribution in [2.75, 3.05) is 0 Å². The molecule has 0 amide bonds. The van der Waals surface area contributed by atoms with Crippen molar-refractivity contribution in [1.82, 2.24) is 14.9 Å². The van der Waals surface area contributed by atoms with Gasteiger partial charge in [0.1, 0.15) is 0 Å². The largest absolute Gasteiger partial charge is 0.329 e. The van der Waals surface area contributed by atoms with Crippen LogP contribution in [0.25, 0.3) is 0 Å². The fourth-order valence-corrected chi connectivity index (χ4v) is 2.93. The summed E-state index contributed by atoms with van der Waals surface area (Å²) in [7, 11) is 0. The molecule has 2 rings (SSSR count). The highest BCUT2D eigenvalue weighted by atomic mass is 16.2. The lowest BCUT2D eigenvalue weighted by molar-refractivity contribution is 0.306. The first kappa shape index (κ1) is 14.1. The van der Waals surface area contributed by atoms with Crippen molar-refractivity contribution in [3.63, 3.8) is 0 Å². The average Bonchev–Trinajstić information content (AvgIpc) is 2.56. The summed E-state index contributed by atoms with van der Waals surface area (Å²) in [5.74, 6) is 0.371. The third kappa shape index (κ3) is 3.35. The van der Waals surface area contributed by atoms with Crippen LogP contribution in [-0.2, 0) is 0 Å². The summed E-state index contributed by atoms with van der Waals surface area (Å²) in [6.45, 7) is 8.80. The number of H-pyrrole nitrogens is 1. The number of nitrogens with one attached hydrogen (secondary N) is 2. The Labute approximate surface area is 113 Å². The van der Waals surface area contributed by atoms with Gasteiger partial charge in [0.2, 0.25) is 0 Å². The molecule has 1 unspecified atom stereocenters. The predicted octanol–water partition coefficient (Wildman–Crippen LogP) is 1.47. The molecule has 5 nitrogen and oxygen atoms in total. The van der Waals surface area contributed by atoms with Crippen LogP contribution in [0.4, 0.5) is 0 Å². The summed E-state index contributed by atoms with van der Waals surface area (Å²) in [5, 5.41) is 3.51. The van der Waals surface area contributed by atoms with Crippen molar-refractivity contribution in [2.45, 2.75) is 52.7 Å². The van der Waals surface area contributed by atoms with Crippen LogP contribution in [0.3, 0.4) is 0 Å². The first-order valence-corrected chi connectivity index (χ1v) is 6.84. The molecule has 1 fully saturated rings. The number of nitrogens with zero attached hydrogens (tertiary/aromatic N) is 1. The highest BCUT2D eigenvalue weighted by Crippen LogP contribution is 2.32. The van der Waals surface area contributed by atoms with Crippen molar-refractivity contribution >= 4 is 0 Å². The highest BCUT2D eigenvalue weighted by molar-refractivity contribution is 4.93. The molecule has 0 spiro atoms. The standard InChI is InChI=1S/C14H23N3O2/c1-9-7-10(8-14(2,3)4)15-12(9)17-6-5-11(18)16-13(17)19/h5-6,9-10,12,15H,7-8H2,1-4H3,(H,16,18,19)/t9-,10+,12?/m1/s1. The summed E-state index contributed by atoms with van der Waals surface area (Å²) < 4.78 is 1.59. The maximum atomic E-state index is 11.8. The summed E-state index contributed by atoms with van der Waals surface area (Å²) in [6.07, 6.45) is 3.67. The van der Waals surface area contributed by atoms with Gasteiger partial charge in [0.25, 0.3) is 5.56 Å². The van der Waals surface area contributed by atoms with Crippen LogP contribution in [-0.4, -0.2) is 15.6 Å². The van der Waals surface area contributed by atoms with Gasteiger partial charge in [-0.3, -0.25) is 19.7 Å². The zero-order chi connectivity index (χ0) is 14.2. The normalized spacial score (nSPS) is 27.7. The minimum absolute atomic E-state index is 0.0308. The van der Waals surface area contributed by atoms with Gasteiger partial charge < -0.3 is 0 Å². The van der Waals surface area contributed by atoms with E-state index in [0.717, 1.165) is 12.8 Å². The van der Waals surface area contributed by atoms with Crippen LogP contribution < -0.4 is 16.6 Å². The van der Waals surface area contributed by atoms with E-state index in [2.05, 4.69) is 38.0 Å². The second-order valence-corrected chi connectivity index (χ2v) is 6.80. The molecule has 3 atom stereocenters. The van der Waals surface area contributed by atoms with Crippen LogP contribution in [0, 0.1) is 11.3 Å². The van der Waals surface area contributed by atoms with Gasteiger partial charge in [-0.1, -0.05) is 27.7 Å². The highest BCUT2D eigenvalue weighted by Gasteiger charge is 2.34. The van der Waals surface area contributed by atoms with Crippen LogP contribution in [0.2, 0.25) is 0 Å². The van der Waals surface area contributed by atoms with Gasteiger partial charge in [0, 0.05) is 18.3 Å². The van der Waals surface area contributed by atoms with E-state index in [1.54, 1.807) is 10.8 Å². The van der Waals surface area contributed by atoms with Crippen LogP contribution >= 0.6 is 0 Å². The molecule has 1 saturated heterocycles. The van der Waals surface area contributed by atoms with E-state index in [4.69, 9.17) is 0 Å². The maximum Gasteiger partial charge on any atom is 0.329 e. The van der Waals surface area contributed by atoms with E-state index in [1.165, 1.54) is 6.07 Å². The SMILES string of the molecule is C[C@@H]1C[C@@H](CC(C)(C)C)NC1n1ccc(=O)[nH]c1=O. The van der Waals surface area contributed by atoms with E-state index < -0.39 is 0 Å². The van der Waals surface area contributed by atoms with E-state index in [0.29, 0.717) is 12.0 Å². The number of hydrogen-bond acceptors (Lipinski definition) is 3.